The molecule has 0 amide bonds. The Morgan fingerprint density at radius 1 is 1.50 bits per heavy atom. The summed E-state index contributed by atoms with van der Waals surface area (Å²) in [4.78, 5) is 11.3. The second kappa shape index (κ2) is 6.30. The lowest BCUT2D eigenvalue weighted by molar-refractivity contribution is -0.0349. The van der Waals surface area contributed by atoms with Crippen LogP contribution in [0.2, 0.25) is 0 Å². The number of thiazole rings is 1. The molecule has 0 saturated carbocycles. The van der Waals surface area contributed by atoms with Crippen LogP contribution in [0.3, 0.4) is 0 Å². The number of nitrogens with one attached hydrogen (secondary N) is 1. The molecular weight excluding hydrogens is 272 g/mol. The van der Waals surface area contributed by atoms with Gasteiger partial charge in [0.25, 0.3) is 0 Å². The SMILES string of the molecule is CNc1cccc(C2CN(Cc3nccs3)CCO2)n1. The average Bonchev–Trinajstić information content (AvgIpc) is 3.00. The highest BCUT2D eigenvalue weighted by Gasteiger charge is 2.23. The van der Waals surface area contributed by atoms with E-state index in [9.17, 15) is 0 Å². The highest BCUT2D eigenvalue weighted by atomic mass is 32.1. The normalized spacial score (nSPS) is 19.9. The Morgan fingerprint density at radius 2 is 2.45 bits per heavy atom. The molecular formula is C14H18N4OS. The zero-order chi connectivity index (χ0) is 13.8. The smallest absolute Gasteiger partial charge is 0.126 e. The number of aromatic nitrogens is 2. The van der Waals surface area contributed by atoms with Gasteiger partial charge in [-0.2, -0.15) is 0 Å². The molecule has 3 heterocycles. The molecule has 106 valence electrons. The molecule has 2 aromatic rings. The van der Waals surface area contributed by atoms with Crippen LogP contribution in [0.15, 0.2) is 29.8 Å². The van der Waals surface area contributed by atoms with E-state index in [4.69, 9.17) is 4.74 Å². The fourth-order valence-corrected chi connectivity index (χ4v) is 2.98. The van der Waals surface area contributed by atoms with Crippen molar-refractivity contribution in [2.75, 3.05) is 32.1 Å². The van der Waals surface area contributed by atoms with Crippen LogP contribution >= 0.6 is 11.3 Å². The fourth-order valence-electron chi connectivity index (χ4n) is 2.32. The van der Waals surface area contributed by atoms with Crippen molar-refractivity contribution in [1.82, 2.24) is 14.9 Å². The van der Waals surface area contributed by atoms with Crippen LogP contribution in [-0.2, 0) is 11.3 Å². The molecule has 20 heavy (non-hydrogen) atoms. The van der Waals surface area contributed by atoms with E-state index in [1.165, 1.54) is 0 Å². The number of ether oxygens (including phenoxy) is 1. The summed E-state index contributed by atoms with van der Waals surface area (Å²) >= 11 is 1.70. The average molecular weight is 290 g/mol. The number of morpholine rings is 1. The number of pyridine rings is 1. The fraction of sp³-hybridized carbons (Fsp3) is 0.429. The number of hydrogen-bond acceptors (Lipinski definition) is 6. The Balaban J connectivity index is 1.68. The van der Waals surface area contributed by atoms with Crippen LogP contribution in [0.25, 0.3) is 0 Å². The van der Waals surface area contributed by atoms with Crippen LogP contribution in [0.4, 0.5) is 5.82 Å². The standard InChI is InChI=1S/C14H18N4OS/c1-15-13-4-2-3-11(17-13)12-9-18(6-7-19-12)10-14-16-5-8-20-14/h2-5,8,12H,6-7,9-10H2,1H3,(H,15,17). The Morgan fingerprint density at radius 3 is 3.25 bits per heavy atom. The molecule has 2 aromatic heterocycles. The third kappa shape index (κ3) is 3.15. The Bertz CT molecular complexity index is 546. The molecule has 1 unspecified atom stereocenters. The maximum atomic E-state index is 5.86. The van der Waals surface area contributed by atoms with E-state index in [-0.39, 0.29) is 6.10 Å². The molecule has 1 N–H and O–H groups in total. The molecule has 1 atom stereocenters. The lowest BCUT2D eigenvalue weighted by Crippen LogP contribution is -2.38. The summed E-state index contributed by atoms with van der Waals surface area (Å²) in [7, 11) is 1.88. The first-order chi connectivity index (χ1) is 9.85. The van der Waals surface area contributed by atoms with Gasteiger partial charge < -0.3 is 10.1 Å². The molecule has 6 heteroatoms. The van der Waals surface area contributed by atoms with Crippen molar-refractivity contribution >= 4 is 17.2 Å². The van der Waals surface area contributed by atoms with Gasteiger partial charge in [-0.3, -0.25) is 4.90 Å². The molecule has 0 bridgehead atoms. The van der Waals surface area contributed by atoms with Gasteiger partial charge in [-0.05, 0) is 12.1 Å². The largest absolute Gasteiger partial charge is 0.373 e. The van der Waals surface area contributed by atoms with Gasteiger partial charge in [0.05, 0.1) is 18.8 Å². The van der Waals surface area contributed by atoms with Gasteiger partial charge in [0.15, 0.2) is 0 Å². The second-order valence-electron chi connectivity index (χ2n) is 4.72. The quantitative estimate of drug-likeness (QED) is 0.935. The van der Waals surface area contributed by atoms with Crippen molar-refractivity contribution in [2.24, 2.45) is 0 Å². The van der Waals surface area contributed by atoms with Gasteiger partial charge in [0.2, 0.25) is 0 Å². The van der Waals surface area contributed by atoms with E-state index in [2.05, 4.69) is 20.2 Å². The van der Waals surface area contributed by atoms with Crippen molar-refractivity contribution in [2.45, 2.75) is 12.6 Å². The van der Waals surface area contributed by atoms with Crippen LogP contribution in [0.5, 0.6) is 0 Å². The number of nitrogens with zero attached hydrogens (tertiary/aromatic N) is 3. The second-order valence-corrected chi connectivity index (χ2v) is 5.70. The molecule has 0 radical (unpaired) electrons. The molecule has 3 rings (SSSR count). The van der Waals surface area contributed by atoms with E-state index in [0.717, 1.165) is 42.8 Å². The lowest BCUT2D eigenvalue weighted by Gasteiger charge is -2.32. The Kier molecular flexibility index (Phi) is 4.25. The summed E-state index contributed by atoms with van der Waals surface area (Å²) in [5, 5.41) is 6.24. The molecule has 0 aromatic carbocycles. The van der Waals surface area contributed by atoms with Crippen molar-refractivity contribution in [3.8, 4) is 0 Å². The molecule has 1 aliphatic heterocycles. The summed E-state index contributed by atoms with van der Waals surface area (Å²) in [6.45, 7) is 3.44. The van der Waals surface area contributed by atoms with Crippen LogP contribution in [0, 0.1) is 0 Å². The molecule has 1 fully saturated rings. The third-order valence-electron chi connectivity index (χ3n) is 3.35. The number of anilines is 1. The topological polar surface area (TPSA) is 50.3 Å². The van der Waals surface area contributed by atoms with E-state index in [1.807, 2.05) is 36.8 Å². The van der Waals surface area contributed by atoms with Gasteiger partial charge in [-0.1, -0.05) is 6.07 Å². The summed E-state index contributed by atoms with van der Waals surface area (Å²) in [5.41, 5.74) is 0.987. The van der Waals surface area contributed by atoms with Gasteiger partial charge >= 0.3 is 0 Å². The van der Waals surface area contributed by atoms with Crippen LogP contribution in [-0.4, -0.2) is 41.6 Å². The third-order valence-corrected chi connectivity index (χ3v) is 4.11. The maximum absolute atomic E-state index is 5.86. The maximum Gasteiger partial charge on any atom is 0.126 e. The minimum atomic E-state index is 0.0389. The highest BCUT2D eigenvalue weighted by molar-refractivity contribution is 7.09. The summed E-state index contributed by atoms with van der Waals surface area (Å²) in [6.07, 6.45) is 1.90. The summed E-state index contributed by atoms with van der Waals surface area (Å²) in [5.74, 6) is 0.878. The minimum Gasteiger partial charge on any atom is -0.373 e. The first-order valence-electron chi connectivity index (χ1n) is 6.72. The predicted molar refractivity (Wildman–Crippen MR) is 79.9 cm³/mol. The molecule has 1 saturated heterocycles. The molecule has 0 spiro atoms. The molecule has 1 aliphatic rings. The monoisotopic (exact) mass is 290 g/mol. The first-order valence-corrected chi connectivity index (χ1v) is 7.60. The molecule has 5 nitrogen and oxygen atoms in total. The Labute approximate surface area is 122 Å². The van der Waals surface area contributed by atoms with Crippen LogP contribution < -0.4 is 5.32 Å². The van der Waals surface area contributed by atoms with E-state index in [1.54, 1.807) is 11.3 Å². The zero-order valence-corrected chi connectivity index (χ0v) is 12.3. The highest BCUT2D eigenvalue weighted by Crippen LogP contribution is 2.23. The van der Waals surface area contributed by atoms with Gasteiger partial charge in [0.1, 0.15) is 16.9 Å². The van der Waals surface area contributed by atoms with Crippen molar-refractivity contribution < 1.29 is 4.74 Å². The zero-order valence-electron chi connectivity index (χ0n) is 11.5. The van der Waals surface area contributed by atoms with Gasteiger partial charge in [-0.25, -0.2) is 9.97 Å². The van der Waals surface area contributed by atoms with Crippen molar-refractivity contribution in [1.29, 1.82) is 0 Å². The molecule has 0 aliphatic carbocycles. The Hall–Kier alpha value is -1.50. The number of rotatable bonds is 4. The predicted octanol–water partition coefficient (Wildman–Crippen LogP) is 2.15. The summed E-state index contributed by atoms with van der Waals surface area (Å²) < 4.78 is 5.86. The van der Waals surface area contributed by atoms with Crippen molar-refractivity contribution in [3.05, 3.63) is 40.5 Å². The van der Waals surface area contributed by atoms with E-state index >= 15 is 0 Å². The van der Waals surface area contributed by atoms with Gasteiger partial charge in [0, 0.05) is 31.7 Å². The van der Waals surface area contributed by atoms with Crippen LogP contribution in [0.1, 0.15) is 16.8 Å². The number of hydrogen-bond donors (Lipinski definition) is 1. The summed E-state index contributed by atoms with van der Waals surface area (Å²) in [6, 6.07) is 6.00. The lowest BCUT2D eigenvalue weighted by atomic mass is 10.2. The van der Waals surface area contributed by atoms with Crippen molar-refractivity contribution in [3.63, 3.8) is 0 Å². The minimum absolute atomic E-state index is 0.0389. The van der Waals surface area contributed by atoms with Gasteiger partial charge in [-0.15, -0.1) is 11.3 Å². The van der Waals surface area contributed by atoms with E-state index in [0.29, 0.717) is 0 Å². The van der Waals surface area contributed by atoms with E-state index < -0.39 is 0 Å². The first kappa shape index (κ1) is 13.5.